The Morgan fingerprint density at radius 2 is 1.68 bits per heavy atom. The van der Waals surface area contributed by atoms with Crippen molar-refractivity contribution in [2.75, 3.05) is 32.9 Å². The second kappa shape index (κ2) is 8.99. The molecule has 8 heteroatoms. The molecule has 0 saturated heterocycles. The first-order valence-corrected chi connectivity index (χ1v) is 10.4. The van der Waals surface area contributed by atoms with E-state index in [2.05, 4.69) is 10.3 Å². The highest BCUT2D eigenvalue weighted by atomic mass is 32.2. The second-order valence-corrected chi connectivity index (χ2v) is 7.65. The van der Waals surface area contributed by atoms with E-state index >= 15 is 0 Å². The highest BCUT2D eigenvalue weighted by Gasteiger charge is 2.20. The summed E-state index contributed by atoms with van der Waals surface area (Å²) in [4.78, 5) is 17.6. The molecule has 28 heavy (non-hydrogen) atoms. The van der Waals surface area contributed by atoms with E-state index in [1.165, 1.54) is 44.4 Å². The van der Waals surface area contributed by atoms with Crippen LogP contribution in [-0.4, -0.2) is 38.5 Å². The molecular weight excluding hydrogens is 396 g/mol. The Bertz CT molecular complexity index is 949. The molecule has 1 N–H and O–H groups in total. The van der Waals surface area contributed by atoms with Crippen LogP contribution in [0.15, 0.2) is 46.8 Å². The number of ether oxygens (including phenoxy) is 3. The number of rotatable bonds is 7. The van der Waals surface area contributed by atoms with Crippen LogP contribution in [0, 0.1) is 0 Å². The normalized spacial score (nSPS) is 10.4. The zero-order chi connectivity index (χ0) is 20.1. The van der Waals surface area contributed by atoms with Gasteiger partial charge in [-0.3, -0.25) is 4.79 Å². The van der Waals surface area contributed by atoms with E-state index in [9.17, 15) is 4.79 Å². The molecule has 0 spiro atoms. The number of methoxy groups -OCH3 is 3. The van der Waals surface area contributed by atoms with Gasteiger partial charge in [0.25, 0.3) is 5.91 Å². The van der Waals surface area contributed by atoms with Crippen LogP contribution in [0.5, 0.6) is 17.2 Å². The molecule has 0 radical (unpaired) electrons. The second-order valence-electron chi connectivity index (χ2n) is 5.60. The molecule has 1 amide bonds. The summed E-state index contributed by atoms with van der Waals surface area (Å²) < 4.78 is 16.9. The molecule has 0 saturated carbocycles. The molecule has 146 valence electrons. The Balaban J connectivity index is 1.97. The van der Waals surface area contributed by atoms with Crippen molar-refractivity contribution >= 4 is 34.0 Å². The number of thioether (sulfide) groups is 1. The number of benzene rings is 2. The van der Waals surface area contributed by atoms with Crippen LogP contribution in [-0.2, 0) is 0 Å². The fraction of sp³-hybridized carbons (Fsp3) is 0.200. The zero-order valence-electron chi connectivity index (χ0n) is 15.9. The number of aromatic nitrogens is 1. The number of carbonyl (C=O) groups excluding carboxylic acids is 1. The van der Waals surface area contributed by atoms with Gasteiger partial charge in [0.15, 0.2) is 15.8 Å². The average Bonchev–Trinajstić information content (AvgIpc) is 3.15. The Morgan fingerprint density at radius 1 is 1.04 bits per heavy atom. The maximum atomic E-state index is 12.9. The van der Waals surface area contributed by atoms with Crippen LogP contribution in [0.3, 0.4) is 0 Å². The van der Waals surface area contributed by atoms with Crippen LogP contribution < -0.4 is 19.5 Å². The molecule has 0 aliphatic carbocycles. The van der Waals surface area contributed by atoms with Gasteiger partial charge in [-0.15, -0.1) is 0 Å². The average molecular weight is 417 g/mol. The molecule has 0 aliphatic heterocycles. The summed E-state index contributed by atoms with van der Waals surface area (Å²) in [6.45, 7) is 0. The van der Waals surface area contributed by atoms with Gasteiger partial charge >= 0.3 is 0 Å². The third kappa shape index (κ3) is 4.07. The van der Waals surface area contributed by atoms with E-state index in [4.69, 9.17) is 14.2 Å². The van der Waals surface area contributed by atoms with Gasteiger partial charge in [0.1, 0.15) is 10.7 Å². The van der Waals surface area contributed by atoms with Crippen molar-refractivity contribution in [3.63, 3.8) is 0 Å². The molecule has 0 bridgehead atoms. The highest BCUT2D eigenvalue weighted by Crippen LogP contribution is 2.40. The van der Waals surface area contributed by atoms with Crippen molar-refractivity contribution in [3.8, 4) is 28.5 Å². The minimum Gasteiger partial charge on any atom is -0.493 e. The number of carbonyl (C=O) groups is 1. The summed E-state index contributed by atoms with van der Waals surface area (Å²) in [5.74, 6) is 0.996. The zero-order valence-corrected chi connectivity index (χ0v) is 17.6. The van der Waals surface area contributed by atoms with Crippen molar-refractivity contribution in [1.29, 1.82) is 0 Å². The van der Waals surface area contributed by atoms with Crippen LogP contribution >= 0.6 is 23.1 Å². The highest BCUT2D eigenvalue weighted by molar-refractivity contribution is 8.00. The molecule has 2 aromatic carbocycles. The van der Waals surface area contributed by atoms with Crippen molar-refractivity contribution in [3.05, 3.63) is 48.0 Å². The third-order valence-corrected chi connectivity index (χ3v) is 5.94. The van der Waals surface area contributed by atoms with Crippen molar-refractivity contribution in [2.24, 2.45) is 0 Å². The Kier molecular flexibility index (Phi) is 6.43. The number of thiazole rings is 1. The molecule has 3 aromatic rings. The van der Waals surface area contributed by atoms with Gasteiger partial charge < -0.3 is 19.5 Å². The number of nitrogens with one attached hydrogen (secondary N) is 1. The van der Waals surface area contributed by atoms with Crippen molar-refractivity contribution in [2.45, 2.75) is 4.34 Å². The van der Waals surface area contributed by atoms with Gasteiger partial charge in [-0.2, -0.15) is 0 Å². The van der Waals surface area contributed by atoms with Gasteiger partial charge in [-0.1, -0.05) is 53.4 Å². The number of hydrogen-bond acceptors (Lipinski definition) is 7. The largest absolute Gasteiger partial charge is 0.493 e. The molecule has 1 aromatic heterocycles. The Labute approximate surface area is 171 Å². The van der Waals surface area contributed by atoms with E-state index in [0.29, 0.717) is 27.8 Å². The fourth-order valence-corrected chi connectivity index (χ4v) is 4.13. The Hall–Kier alpha value is -2.71. The molecule has 3 rings (SSSR count). The summed E-state index contributed by atoms with van der Waals surface area (Å²) in [6, 6.07) is 13.0. The van der Waals surface area contributed by atoms with Crippen LogP contribution in [0.4, 0.5) is 5.00 Å². The molecule has 6 nitrogen and oxygen atoms in total. The molecule has 0 fully saturated rings. The van der Waals surface area contributed by atoms with Gasteiger partial charge in [0, 0.05) is 11.1 Å². The molecule has 0 atom stereocenters. The van der Waals surface area contributed by atoms with Crippen LogP contribution in [0.25, 0.3) is 11.3 Å². The van der Waals surface area contributed by atoms with Gasteiger partial charge in [0.05, 0.1) is 21.3 Å². The minimum absolute atomic E-state index is 0.285. The lowest BCUT2D eigenvalue weighted by Gasteiger charge is -2.14. The summed E-state index contributed by atoms with van der Waals surface area (Å²) in [5.41, 5.74) is 2.09. The van der Waals surface area contributed by atoms with E-state index < -0.39 is 0 Å². The predicted octanol–water partition coefficient (Wildman–Crippen LogP) is 4.81. The molecule has 0 aliphatic rings. The summed E-state index contributed by atoms with van der Waals surface area (Å²) in [5, 5.41) is 3.66. The van der Waals surface area contributed by atoms with Gasteiger partial charge in [-0.25, -0.2) is 4.98 Å². The smallest absolute Gasteiger partial charge is 0.256 e. The number of nitrogens with zero attached hydrogens (tertiary/aromatic N) is 1. The van der Waals surface area contributed by atoms with E-state index in [-0.39, 0.29) is 5.91 Å². The number of hydrogen-bond donors (Lipinski definition) is 1. The van der Waals surface area contributed by atoms with Crippen LogP contribution in [0.1, 0.15) is 10.4 Å². The molecule has 1 heterocycles. The first-order valence-electron chi connectivity index (χ1n) is 8.32. The van der Waals surface area contributed by atoms with Gasteiger partial charge in [0.2, 0.25) is 5.75 Å². The minimum atomic E-state index is -0.285. The number of amides is 1. The fourth-order valence-electron chi connectivity index (χ4n) is 2.65. The van der Waals surface area contributed by atoms with E-state index in [1.807, 2.05) is 36.6 Å². The number of anilines is 1. The lowest BCUT2D eigenvalue weighted by atomic mass is 10.1. The summed E-state index contributed by atoms with van der Waals surface area (Å²) in [7, 11) is 4.55. The standard InChI is InChI=1S/C20H20N2O4S2/c1-24-14-10-13(11-15(25-2)17(14)26-3)18(23)22-19-16(21-20(27-4)28-19)12-8-6-5-7-9-12/h5-11H,1-4H3,(H,22,23). The molecular formula is C20H20N2O4S2. The maximum Gasteiger partial charge on any atom is 0.256 e. The van der Waals surface area contributed by atoms with E-state index in [1.54, 1.807) is 12.1 Å². The monoisotopic (exact) mass is 416 g/mol. The van der Waals surface area contributed by atoms with Gasteiger partial charge in [-0.05, 0) is 18.4 Å². The lowest BCUT2D eigenvalue weighted by molar-refractivity contribution is 0.102. The Morgan fingerprint density at radius 3 is 2.21 bits per heavy atom. The first kappa shape index (κ1) is 20.0. The maximum absolute atomic E-state index is 12.9. The summed E-state index contributed by atoms with van der Waals surface area (Å²) >= 11 is 2.98. The third-order valence-electron chi connectivity index (χ3n) is 3.98. The van der Waals surface area contributed by atoms with Crippen molar-refractivity contribution in [1.82, 2.24) is 4.98 Å². The lowest BCUT2D eigenvalue weighted by Crippen LogP contribution is -2.12. The predicted molar refractivity (Wildman–Crippen MR) is 113 cm³/mol. The van der Waals surface area contributed by atoms with E-state index in [0.717, 1.165) is 15.6 Å². The quantitative estimate of drug-likeness (QED) is 0.558. The van der Waals surface area contributed by atoms with Crippen molar-refractivity contribution < 1.29 is 19.0 Å². The summed E-state index contributed by atoms with van der Waals surface area (Å²) in [6.07, 6.45) is 1.96. The molecule has 0 unspecified atom stereocenters. The first-order chi connectivity index (χ1) is 13.6. The SMILES string of the molecule is COc1cc(C(=O)Nc2sc(SC)nc2-c2ccccc2)cc(OC)c1OC. The van der Waals surface area contributed by atoms with Crippen LogP contribution in [0.2, 0.25) is 0 Å². The topological polar surface area (TPSA) is 69.7 Å².